The normalized spacial score (nSPS) is 12.5. The minimum absolute atomic E-state index is 0.544. The van der Waals surface area contributed by atoms with Crippen LogP contribution in [0, 0.1) is 11.9 Å². The van der Waals surface area contributed by atoms with E-state index in [9.17, 15) is 4.39 Å². The van der Waals surface area contributed by atoms with Crippen molar-refractivity contribution in [2.75, 3.05) is 11.9 Å². The van der Waals surface area contributed by atoms with Crippen molar-refractivity contribution in [3.63, 3.8) is 0 Å². The molecule has 0 amide bonds. The van der Waals surface area contributed by atoms with Gasteiger partial charge >= 0.3 is 0 Å². The molecule has 78 valence electrons. The maximum atomic E-state index is 12.4. The first-order valence-electron chi connectivity index (χ1n) is 4.93. The van der Waals surface area contributed by atoms with E-state index in [0.29, 0.717) is 11.7 Å². The lowest BCUT2D eigenvalue weighted by Gasteiger charge is -2.11. The Labute approximate surface area is 83.8 Å². The Balaban J connectivity index is 2.34. The van der Waals surface area contributed by atoms with Gasteiger partial charge in [0.15, 0.2) is 0 Å². The predicted octanol–water partition coefficient (Wildman–Crippen LogP) is 2.46. The molecule has 4 heteroatoms. The monoisotopic (exact) mass is 197 g/mol. The maximum absolute atomic E-state index is 12.4. The number of nitrogens with one attached hydrogen (secondary N) is 1. The van der Waals surface area contributed by atoms with Gasteiger partial charge in [-0.05, 0) is 12.3 Å². The lowest BCUT2D eigenvalue weighted by atomic mass is 10.1. The molecule has 1 N–H and O–H groups in total. The van der Waals surface area contributed by atoms with E-state index in [4.69, 9.17) is 0 Å². The van der Waals surface area contributed by atoms with Crippen molar-refractivity contribution < 1.29 is 4.39 Å². The van der Waals surface area contributed by atoms with Crippen molar-refractivity contribution in [3.8, 4) is 0 Å². The van der Waals surface area contributed by atoms with Crippen LogP contribution < -0.4 is 5.32 Å². The molecule has 3 nitrogen and oxygen atoms in total. The fraction of sp³-hybridized carbons (Fsp3) is 0.600. The molecule has 0 spiro atoms. The number of anilines is 1. The summed E-state index contributed by atoms with van der Waals surface area (Å²) in [6.07, 6.45) is 4.89. The minimum Gasteiger partial charge on any atom is -0.369 e. The topological polar surface area (TPSA) is 37.8 Å². The van der Waals surface area contributed by atoms with Crippen LogP contribution >= 0.6 is 0 Å². The van der Waals surface area contributed by atoms with Crippen molar-refractivity contribution in [1.29, 1.82) is 0 Å². The summed E-state index contributed by atoms with van der Waals surface area (Å²) in [5.74, 6) is 0.693. The van der Waals surface area contributed by atoms with Crippen molar-refractivity contribution in [2.45, 2.75) is 26.7 Å². The zero-order valence-corrected chi connectivity index (χ0v) is 8.63. The maximum Gasteiger partial charge on any atom is 0.231 e. The second-order valence-corrected chi connectivity index (χ2v) is 3.50. The number of nitrogens with zero attached hydrogens (tertiary/aromatic N) is 2. The van der Waals surface area contributed by atoms with Gasteiger partial charge in [-0.15, -0.1) is 0 Å². The number of hydrogen-bond donors (Lipinski definition) is 1. The smallest absolute Gasteiger partial charge is 0.231 e. The third-order valence-corrected chi connectivity index (χ3v) is 2.03. The third-order valence-electron chi connectivity index (χ3n) is 2.03. The molecule has 1 rings (SSSR count). The van der Waals surface area contributed by atoms with Crippen LogP contribution in [0.1, 0.15) is 26.7 Å². The Hall–Kier alpha value is -1.19. The quantitative estimate of drug-likeness (QED) is 0.788. The second kappa shape index (κ2) is 5.52. The van der Waals surface area contributed by atoms with E-state index in [1.54, 1.807) is 0 Å². The fourth-order valence-corrected chi connectivity index (χ4v) is 1.28. The van der Waals surface area contributed by atoms with Crippen LogP contribution in [0.4, 0.5) is 10.2 Å². The highest BCUT2D eigenvalue weighted by Gasteiger charge is 2.01. The van der Waals surface area contributed by atoms with E-state index in [2.05, 4.69) is 29.1 Å². The van der Waals surface area contributed by atoms with E-state index >= 15 is 0 Å². The zero-order chi connectivity index (χ0) is 10.4. The largest absolute Gasteiger partial charge is 0.369 e. The average Bonchev–Trinajstić information content (AvgIpc) is 2.17. The molecule has 0 saturated heterocycles. The second-order valence-electron chi connectivity index (χ2n) is 3.50. The van der Waals surface area contributed by atoms with Crippen molar-refractivity contribution in [2.24, 2.45) is 5.92 Å². The molecule has 1 aromatic rings. The Bertz CT molecular complexity index is 261. The van der Waals surface area contributed by atoms with Gasteiger partial charge in [0.05, 0.1) is 12.4 Å². The summed E-state index contributed by atoms with van der Waals surface area (Å²) in [5.41, 5.74) is 0. The molecule has 0 bridgehead atoms. The Morgan fingerprint density at radius 3 is 2.79 bits per heavy atom. The van der Waals surface area contributed by atoms with Crippen LogP contribution in [0.3, 0.4) is 0 Å². The molecule has 0 saturated carbocycles. The molecule has 0 aromatic carbocycles. The molecular formula is C10H16FN3. The molecule has 1 unspecified atom stereocenters. The number of aromatic nitrogens is 2. The van der Waals surface area contributed by atoms with Gasteiger partial charge in [-0.3, -0.25) is 0 Å². The van der Waals surface area contributed by atoms with Crippen molar-refractivity contribution in [3.05, 3.63) is 18.3 Å². The molecule has 1 atom stereocenters. The first-order valence-corrected chi connectivity index (χ1v) is 4.93. The fourth-order valence-electron chi connectivity index (χ4n) is 1.28. The summed E-state index contributed by atoms with van der Waals surface area (Å²) in [6.45, 7) is 5.19. The molecule has 1 heterocycles. The summed E-state index contributed by atoms with van der Waals surface area (Å²) in [5, 5.41) is 3.12. The lowest BCUT2D eigenvalue weighted by molar-refractivity contribution is 0.548. The van der Waals surface area contributed by atoms with Crippen molar-refractivity contribution in [1.82, 2.24) is 9.97 Å². The molecular weight excluding hydrogens is 181 g/mol. The minimum atomic E-state index is -0.544. The lowest BCUT2D eigenvalue weighted by Crippen LogP contribution is -2.12. The van der Waals surface area contributed by atoms with E-state index in [1.165, 1.54) is 19.0 Å². The highest BCUT2D eigenvalue weighted by Crippen LogP contribution is 2.06. The van der Waals surface area contributed by atoms with Crippen molar-refractivity contribution >= 4 is 5.82 Å². The van der Waals surface area contributed by atoms with E-state index in [-0.39, 0.29) is 0 Å². The van der Waals surface area contributed by atoms with Gasteiger partial charge in [0.2, 0.25) is 5.95 Å². The van der Waals surface area contributed by atoms with E-state index < -0.39 is 5.95 Å². The van der Waals surface area contributed by atoms with E-state index in [0.717, 1.165) is 12.7 Å². The molecule has 0 fully saturated rings. The molecule has 0 aliphatic rings. The predicted molar refractivity (Wildman–Crippen MR) is 54.6 cm³/mol. The van der Waals surface area contributed by atoms with Gasteiger partial charge in [0.25, 0.3) is 0 Å². The Morgan fingerprint density at radius 2 is 2.21 bits per heavy atom. The molecule has 1 aromatic heterocycles. The van der Waals surface area contributed by atoms with Gasteiger partial charge in [-0.1, -0.05) is 20.3 Å². The Kier molecular flexibility index (Phi) is 4.29. The average molecular weight is 197 g/mol. The molecule has 14 heavy (non-hydrogen) atoms. The molecule has 0 aliphatic carbocycles. The van der Waals surface area contributed by atoms with E-state index in [1.807, 2.05) is 0 Å². The number of halogens is 1. The zero-order valence-electron chi connectivity index (χ0n) is 8.63. The van der Waals surface area contributed by atoms with Crippen LogP contribution in [0.5, 0.6) is 0 Å². The number of rotatable bonds is 5. The van der Waals surface area contributed by atoms with Crippen LogP contribution in [0.15, 0.2) is 12.4 Å². The SMILES string of the molecule is CCCC(C)CNc1cnc(F)cn1. The third kappa shape index (κ3) is 3.68. The summed E-state index contributed by atoms with van der Waals surface area (Å²) >= 11 is 0. The highest BCUT2D eigenvalue weighted by molar-refractivity contribution is 5.29. The summed E-state index contributed by atoms with van der Waals surface area (Å²) in [6, 6.07) is 0. The molecule has 0 radical (unpaired) electrons. The van der Waals surface area contributed by atoms with Crippen LogP contribution in [0.25, 0.3) is 0 Å². The summed E-state index contributed by atoms with van der Waals surface area (Å²) < 4.78 is 12.4. The van der Waals surface area contributed by atoms with Gasteiger partial charge in [-0.25, -0.2) is 9.97 Å². The van der Waals surface area contributed by atoms with Crippen LogP contribution in [0.2, 0.25) is 0 Å². The number of hydrogen-bond acceptors (Lipinski definition) is 3. The van der Waals surface area contributed by atoms with Crippen LogP contribution in [-0.2, 0) is 0 Å². The van der Waals surface area contributed by atoms with Crippen LogP contribution in [-0.4, -0.2) is 16.5 Å². The summed E-state index contributed by atoms with van der Waals surface area (Å²) in [4.78, 5) is 7.37. The van der Waals surface area contributed by atoms with Gasteiger partial charge in [0.1, 0.15) is 5.82 Å². The highest BCUT2D eigenvalue weighted by atomic mass is 19.1. The first-order chi connectivity index (χ1) is 6.72. The Morgan fingerprint density at radius 1 is 1.43 bits per heavy atom. The first kappa shape index (κ1) is 10.9. The standard InChI is InChI=1S/C10H16FN3/c1-3-4-8(2)5-13-10-7-12-9(11)6-14-10/h6-8H,3-5H2,1-2H3,(H,13,14). The summed E-state index contributed by atoms with van der Waals surface area (Å²) in [7, 11) is 0. The van der Waals surface area contributed by atoms with Gasteiger partial charge in [-0.2, -0.15) is 4.39 Å². The molecule has 0 aliphatic heterocycles. The van der Waals surface area contributed by atoms with Gasteiger partial charge in [0, 0.05) is 6.54 Å². The van der Waals surface area contributed by atoms with Gasteiger partial charge < -0.3 is 5.32 Å².